The first-order chi connectivity index (χ1) is 9.11. The predicted molar refractivity (Wildman–Crippen MR) is 76.2 cm³/mol. The largest absolute Gasteiger partial charge is 0.271 e. The molecule has 0 spiro atoms. The van der Waals surface area contributed by atoms with Crippen molar-refractivity contribution in [1.29, 1.82) is 0 Å². The van der Waals surface area contributed by atoms with Crippen molar-refractivity contribution in [2.45, 2.75) is 6.54 Å². The van der Waals surface area contributed by atoms with E-state index in [1.165, 1.54) is 0 Å². The smallest absolute Gasteiger partial charge is 0.221 e. The van der Waals surface area contributed by atoms with Gasteiger partial charge in [0.2, 0.25) is 10.0 Å². The fraction of sp³-hybridized carbons (Fsp3) is 0.273. The summed E-state index contributed by atoms with van der Waals surface area (Å²) in [5, 5.41) is 4.37. The van der Waals surface area contributed by atoms with Crippen LogP contribution in [-0.2, 0) is 16.6 Å². The maximum absolute atomic E-state index is 11.2. The van der Waals surface area contributed by atoms with E-state index in [4.69, 9.17) is 0 Å². The lowest BCUT2D eigenvalue weighted by molar-refractivity contribution is 0.565. The van der Waals surface area contributed by atoms with E-state index < -0.39 is 10.0 Å². The molecule has 6 nitrogen and oxygen atoms in total. The standard InChI is InChI=1S/C11H13BrN4O2S/c12-9-19(17,18)14-6-8-16-7-3-11(15-16)10-1-4-13-5-2-10/h1-5,7,14H,6,8-9H2. The van der Waals surface area contributed by atoms with Gasteiger partial charge in [0.05, 0.1) is 12.2 Å². The van der Waals surface area contributed by atoms with E-state index in [0.29, 0.717) is 13.1 Å². The van der Waals surface area contributed by atoms with Gasteiger partial charge in [0.15, 0.2) is 0 Å². The van der Waals surface area contributed by atoms with E-state index in [-0.39, 0.29) is 4.66 Å². The highest BCUT2D eigenvalue weighted by Crippen LogP contribution is 2.14. The molecule has 0 bridgehead atoms. The molecule has 0 radical (unpaired) electrons. The molecule has 0 unspecified atom stereocenters. The molecule has 0 saturated heterocycles. The van der Waals surface area contributed by atoms with Gasteiger partial charge in [-0.3, -0.25) is 9.67 Å². The van der Waals surface area contributed by atoms with Crippen molar-refractivity contribution >= 4 is 26.0 Å². The van der Waals surface area contributed by atoms with E-state index in [0.717, 1.165) is 11.3 Å². The molecule has 2 aromatic heterocycles. The number of hydrogen-bond donors (Lipinski definition) is 1. The topological polar surface area (TPSA) is 76.9 Å². The SMILES string of the molecule is O=S(=O)(CBr)NCCn1ccc(-c2ccncc2)n1. The number of nitrogens with one attached hydrogen (secondary N) is 1. The summed E-state index contributed by atoms with van der Waals surface area (Å²) in [7, 11) is -3.22. The Kier molecular flexibility index (Phi) is 4.67. The second-order valence-corrected chi connectivity index (χ2v) is 6.93. The van der Waals surface area contributed by atoms with Gasteiger partial charge >= 0.3 is 0 Å². The van der Waals surface area contributed by atoms with Crippen molar-refractivity contribution in [3.8, 4) is 11.3 Å². The Hall–Kier alpha value is -1.25. The second kappa shape index (κ2) is 6.27. The molecule has 102 valence electrons. The molecule has 2 aromatic rings. The van der Waals surface area contributed by atoms with E-state index in [2.05, 4.69) is 30.7 Å². The number of alkyl halides is 1. The number of halogens is 1. The number of sulfonamides is 1. The molecule has 0 aromatic carbocycles. The Morgan fingerprint density at radius 3 is 2.68 bits per heavy atom. The zero-order valence-electron chi connectivity index (χ0n) is 10.0. The van der Waals surface area contributed by atoms with Gasteiger partial charge in [-0.2, -0.15) is 5.10 Å². The molecule has 0 saturated carbocycles. The van der Waals surface area contributed by atoms with Crippen LogP contribution in [0.25, 0.3) is 11.3 Å². The third-order valence-corrected chi connectivity index (χ3v) is 5.16. The molecule has 2 rings (SSSR count). The van der Waals surface area contributed by atoms with Crippen molar-refractivity contribution in [2.75, 3.05) is 11.2 Å². The minimum absolute atomic E-state index is 0.0959. The van der Waals surface area contributed by atoms with E-state index in [1.54, 1.807) is 17.1 Å². The summed E-state index contributed by atoms with van der Waals surface area (Å²) in [5.74, 6) is 0. The quantitative estimate of drug-likeness (QED) is 0.799. The average molecular weight is 345 g/mol. The average Bonchev–Trinajstić information content (AvgIpc) is 2.88. The molecule has 0 atom stereocenters. The van der Waals surface area contributed by atoms with Crippen LogP contribution in [0.2, 0.25) is 0 Å². The van der Waals surface area contributed by atoms with Crippen molar-refractivity contribution in [3.63, 3.8) is 0 Å². The highest BCUT2D eigenvalue weighted by Gasteiger charge is 2.07. The van der Waals surface area contributed by atoms with Crippen LogP contribution in [0.5, 0.6) is 0 Å². The molecule has 1 N–H and O–H groups in total. The highest BCUT2D eigenvalue weighted by atomic mass is 79.9. The van der Waals surface area contributed by atoms with E-state index >= 15 is 0 Å². The summed E-state index contributed by atoms with van der Waals surface area (Å²) in [6.45, 7) is 0.794. The Morgan fingerprint density at radius 1 is 1.26 bits per heavy atom. The third-order valence-electron chi connectivity index (χ3n) is 2.42. The van der Waals surface area contributed by atoms with Crippen LogP contribution in [0.3, 0.4) is 0 Å². The number of nitrogens with zero attached hydrogens (tertiary/aromatic N) is 3. The Balaban J connectivity index is 1.95. The lowest BCUT2D eigenvalue weighted by atomic mass is 10.2. The van der Waals surface area contributed by atoms with E-state index in [1.807, 2.05) is 24.4 Å². The Labute approximate surface area is 120 Å². The van der Waals surface area contributed by atoms with Gasteiger partial charge in [-0.05, 0) is 18.2 Å². The molecular formula is C11H13BrN4O2S. The summed E-state index contributed by atoms with van der Waals surface area (Å²) >= 11 is 2.91. The van der Waals surface area contributed by atoms with Gasteiger partial charge in [0, 0.05) is 30.7 Å². The summed E-state index contributed by atoms with van der Waals surface area (Å²) in [6.07, 6.45) is 5.23. The minimum Gasteiger partial charge on any atom is -0.271 e. The normalized spacial score (nSPS) is 11.6. The second-order valence-electron chi connectivity index (χ2n) is 3.82. The van der Waals surface area contributed by atoms with Crippen molar-refractivity contribution in [3.05, 3.63) is 36.8 Å². The fourth-order valence-corrected chi connectivity index (χ4v) is 2.48. The number of pyridine rings is 1. The van der Waals surface area contributed by atoms with E-state index in [9.17, 15) is 8.42 Å². The molecular weight excluding hydrogens is 332 g/mol. The Bertz CT molecular complexity index is 627. The van der Waals surface area contributed by atoms with Crippen molar-refractivity contribution in [2.24, 2.45) is 0 Å². The predicted octanol–water partition coefficient (Wildman–Crippen LogP) is 1.22. The van der Waals surface area contributed by atoms with Crippen molar-refractivity contribution in [1.82, 2.24) is 19.5 Å². The summed E-state index contributed by atoms with van der Waals surface area (Å²) < 4.78 is 26.5. The minimum atomic E-state index is -3.22. The molecule has 0 aliphatic carbocycles. The number of hydrogen-bond acceptors (Lipinski definition) is 4. The van der Waals surface area contributed by atoms with Gasteiger partial charge in [-0.15, -0.1) is 0 Å². The summed E-state index contributed by atoms with van der Waals surface area (Å²) in [5.41, 5.74) is 1.82. The molecule has 0 amide bonds. The van der Waals surface area contributed by atoms with Crippen LogP contribution in [0.15, 0.2) is 36.8 Å². The van der Waals surface area contributed by atoms with Gasteiger partial charge in [0.25, 0.3) is 0 Å². The van der Waals surface area contributed by atoms with Crippen LogP contribution in [0, 0.1) is 0 Å². The van der Waals surface area contributed by atoms with Gasteiger partial charge in [-0.25, -0.2) is 13.1 Å². The molecule has 19 heavy (non-hydrogen) atoms. The molecule has 2 heterocycles. The van der Waals surface area contributed by atoms with Gasteiger partial charge in [0.1, 0.15) is 4.66 Å². The molecule has 8 heteroatoms. The lowest BCUT2D eigenvalue weighted by Gasteiger charge is -2.03. The fourth-order valence-electron chi connectivity index (χ4n) is 1.52. The molecule has 0 fully saturated rings. The summed E-state index contributed by atoms with van der Waals surface area (Å²) in [4.78, 5) is 3.95. The van der Waals surface area contributed by atoms with Crippen LogP contribution in [0.1, 0.15) is 0 Å². The number of aromatic nitrogens is 3. The molecule has 0 aliphatic heterocycles. The highest BCUT2D eigenvalue weighted by molar-refractivity contribution is 9.10. The zero-order valence-corrected chi connectivity index (χ0v) is 12.4. The number of rotatable bonds is 6. The Morgan fingerprint density at radius 2 is 2.00 bits per heavy atom. The van der Waals surface area contributed by atoms with Gasteiger partial charge in [-0.1, -0.05) is 15.9 Å². The summed E-state index contributed by atoms with van der Waals surface area (Å²) in [6, 6.07) is 5.63. The van der Waals surface area contributed by atoms with Crippen LogP contribution in [-0.4, -0.2) is 34.4 Å². The van der Waals surface area contributed by atoms with Crippen molar-refractivity contribution < 1.29 is 8.42 Å². The maximum Gasteiger partial charge on any atom is 0.221 e. The van der Waals surface area contributed by atoms with Gasteiger partial charge < -0.3 is 0 Å². The maximum atomic E-state index is 11.2. The van der Waals surface area contributed by atoms with Crippen LogP contribution < -0.4 is 4.72 Å². The first-order valence-corrected chi connectivity index (χ1v) is 8.35. The monoisotopic (exact) mass is 344 g/mol. The van der Waals surface area contributed by atoms with Crippen LogP contribution >= 0.6 is 15.9 Å². The first kappa shape index (κ1) is 14.2. The van der Waals surface area contributed by atoms with Crippen LogP contribution in [0.4, 0.5) is 0 Å². The first-order valence-electron chi connectivity index (χ1n) is 5.58. The lowest BCUT2D eigenvalue weighted by Crippen LogP contribution is -2.28. The zero-order chi connectivity index (χ0) is 13.7. The molecule has 0 aliphatic rings. The third kappa shape index (κ3) is 4.12.